The van der Waals surface area contributed by atoms with Gasteiger partial charge in [-0.2, -0.15) is 0 Å². The molecule has 0 radical (unpaired) electrons. The van der Waals surface area contributed by atoms with Crippen LogP contribution in [0.5, 0.6) is 5.75 Å². The first kappa shape index (κ1) is 20.5. The smallest absolute Gasteiger partial charge is 0.321 e. The highest BCUT2D eigenvalue weighted by Gasteiger charge is 2.11. The fourth-order valence-corrected chi connectivity index (χ4v) is 2.25. The number of carbonyl (C=O) groups excluding carboxylic acids is 3. The van der Waals surface area contributed by atoms with E-state index in [0.717, 1.165) is 0 Å². The molecule has 3 amide bonds. The molecule has 6 nitrogen and oxygen atoms in total. The number of hydrogen-bond donors (Lipinski definition) is 2. The molecule has 0 saturated carbocycles. The molecule has 0 fully saturated rings. The summed E-state index contributed by atoms with van der Waals surface area (Å²) in [4.78, 5) is 35.6. The fraction of sp³-hybridized carbons (Fsp3) is 0.250. The van der Waals surface area contributed by atoms with Crippen LogP contribution in [0.15, 0.2) is 48.5 Å². The minimum Gasteiger partial charge on any atom is -0.484 e. The van der Waals surface area contributed by atoms with Gasteiger partial charge in [0, 0.05) is 22.7 Å². The summed E-state index contributed by atoms with van der Waals surface area (Å²) in [5.74, 6) is 0.00644. The molecule has 0 aliphatic heterocycles. The SMILES string of the molecule is CC(C)CNC(=O)NC(=O)COc1ccc(C(=O)c2ccc(Cl)cc2)cc1. The summed E-state index contributed by atoms with van der Waals surface area (Å²) in [7, 11) is 0. The molecule has 0 aromatic heterocycles. The molecule has 0 unspecified atom stereocenters. The highest BCUT2D eigenvalue weighted by molar-refractivity contribution is 6.30. The zero-order valence-corrected chi connectivity index (χ0v) is 15.9. The summed E-state index contributed by atoms with van der Waals surface area (Å²) in [6.07, 6.45) is 0. The lowest BCUT2D eigenvalue weighted by Gasteiger charge is -2.09. The first-order valence-corrected chi connectivity index (χ1v) is 8.83. The van der Waals surface area contributed by atoms with Crippen molar-refractivity contribution in [2.24, 2.45) is 5.92 Å². The van der Waals surface area contributed by atoms with Crippen LogP contribution >= 0.6 is 11.6 Å². The molecular weight excluding hydrogens is 368 g/mol. The van der Waals surface area contributed by atoms with Gasteiger partial charge in [0.25, 0.3) is 5.91 Å². The molecule has 0 bridgehead atoms. The number of urea groups is 1. The van der Waals surface area contributed by atoms with Crippen molar-refractivity contribution in [3.63, 3.8) is 0 Å². The molecule has 0 aliphatic carbocycles. The molecular formula is C20H21ClN2O4. The van der Waals surface area contributed by atoms with Crippen molar-refractivity contribution in [2.45, 2.75) is 13.8 Å². The Bertz CT molecular complexity index is 802. The van der Waals surface area contributed by atoms with Crippen molar-refractivity contribution in [1.82, 2.24) is 10.6 Å². The van der Waals surface area contributed by atoms with E-state index in [1.807, 2.05) is 13.8 Å². The Labute approximate surface area is 162 Å². The van der Waals surface area contributed by atoms with Crippen LogP contribution in [0.4, 0.5) is 4.79 Å². The third kappa shape index (κ3) is 6.75. The number of carbonyl (C=O) groups is 3. The summed E-state index contributed by atoms with van der Waals surface area (Å²) in [5, 5.41) is 5.32. The van der Waals surface area contributed by atoms with Crippen molar-refractivity contribution in [3.05, 3.63) is 64.7 Å². The number of nitrogens with one attached hydrogen (secondary N) is 2. The van der Waals surface area contributed by atoms with Crippen molar-refractivity contribution in [3.8, 4) is 5.75 Å². The second-order valence-corrected chi connectivity index (χ2v) is 6.74. The Morgan fingerprint density at radius 2 is 1.52 bits per heavy atom. The Hall–Kier alpha value is -2.86. The number of imide groups is 1. The van der Waals surface area contributed by atoms with Gasteiger partial charge in [-0.3, -0.25) is 14.9 Å². The lowest BCUT2D eigenvalue weighted by molar-refractivity contribution is -0.122. The number of ether oxygens (including phenoxy) is 1. The van der Waals surface area contributed by atoms with E-state index in [-0.39, 0.29) is 18.3 Å². The Morgan fingerprint density at radius 3 is 2.07 bits per heavy atom. The van der Waals surface area contributed by atoms with Crippen molar-refractivity contribution in [1.29, 1.82) is 0 Å². The van der Waals surface area contributed by atoms with E-state index in [0.29, 0.717) is 28.4 Å². The maximum absolute atomic E-state index is 12.4. The average Bonchev–Trinajstić information content (AvgIpc) is 2.65. The summed E-state index contributed by atoms with van der Waals surface area (Å²) in [6.45, 7) is 4.07. The van der Waals surface area contributed by atoms with Crippen LogP contribution < -0.4 is 15.4 Å². The summed E-state index contributed by atoms with van der Waals surface area (Å²) in [6, 6.07) is 12.5. The van der Waals surface area contributed by atoms with Gasteiger partial charge in [0.1, 0.15) is 5.75 Å². The van der Waals surface area contributed by atoms with Crippen LogP contribution in [0, 0.1) is 5.92 Å². The van der Waals surface area contributed by atoms with E-state index < -0.39 is 11.9 Å². The van der Waals surface area contributed by atoms with Gasteiger partial charge in [-0.05, 0) is 54.4 Å². The lowest BCUT2D eigenvalue weighted by atomic mass is 10.0. The first-order chi connectivity index (χ1) is 12.8. The van der Waals surface area contributed by atoms with Crippen molar-refractivity contribution in [2.75, 3.05) is 13.2 Å². The zero-order chi connectivity index (χ0) is 19.8. The summed E-state index contributed by atoms with van der Waals surface area (Å²) >= 11 is 5.82. The van der Waals surface area contributed by atoms with E-state index in [1.165, 1.54) is 0 Å². The van der Waals surface area contributed by atoms with E-state index in [4.69, 9.17) is 16.3 Å². The van der Waals surface area contributed by atoms with Crippen LogP contribution in [0.3, 0.4) is 0 Å². The standard InChI is InChI=1S/C20H21ClN2O4/c1-13(2)11-22-20(26)23-18(24)12-27-17-9-5-15(6-10-17)19(25)14-3-7-16(21)8-4-14/h3-10,13H,11-12H2,1-2H3,(H2,22,23,24,26). The van der Waals surface area contributed by atoms with Gasteiger partial charge in [-0.1, -0.05) is 25.4 Å². The monoisotopic (exact) mass is 388 g/mol. The summed E-state index contributed by atoms with van der Waals surface area (Å²) < 4.78 is 5.33. The van der Waals surface area contributed by atoms with Gasteiger partial charge >= 0.3 is 6.03 Å². The van der Waals surface area contributed by atoms with Gasteiger partial charge in [0.15, 0.2) is 12.4 Å². The van der Waals surface area contributed by atoms with Crippen LogP contribution in [-0.4, -0.2) is 30.9 Å². The molecule has 2 rings (SSSR count). The third-order valence-corrected chi connectivity index (χ3v) is 3.77. The highest BCUT2D eigenvalue weighted by Crippen LogP contribution is 2.17. The molecule has 2 N–H and O–H groups in total. The van der Waals surface area contributed by atoms with Gasteiger partial charge in [-0.25, -0.2) is 4.79 Å². The second kappa shape index (κ2) is 9.73. The van der Waals surface area contributed by atoms with Gasteiger partial charge in [0.2, 0.25) is 0 Å². The molecule has 0 spiro atoms. The Balaban J connectivity index is 1.85. The molecule has 0 atom stereocenters. The molecule has 142 valence electrons. The van der Waals surface area contributed by atoms with Crippen LogP contribution in [0.2, 0.25) is 5.02 Å². The predicted octanol–water partition coefficient (Wildman–Crippen LogP) is 3.43. The van der Waals surface area contributed by atoms with Crippen LogP contribution in [0.25, 0.3) is 0 Å². The molecule has 2 aromatic carbocycles. The quantitative estimate of drug-likeness (QED) is 0.711. The molecule has 2 aromatic rings. The molecule has 0 saturated heterocycles. The molecule has 27 heavy (non-hydrogen) atoms. The first-order valence-electron chi connectivity index (χ1n) is 8.46. The fourth-order valence-electron chi connectivity index (χ4n) is 2.12. The number of amides is 3. The van der Waals surface area contributed by atoms with E-state index in [2.05, 4.69) is 10.6 Å². The minimum atomic E-state index is -0.558. The Morgan fingerprint density at radius 1 is 0.963 bits per heavy atom. The zero-order valence-electron chi connectivity index (χ0n) is 15.1. The summed E-state index contributed by atoms with van der Waals surface area (Å²) in [5.41, 5.74) is 1.02. The largest absolute Gasteiger partial charge is 0.484 e. The Kier molecular flexibility index (Phi) is 7.37. The maximum Gasteiger partial charge on any atom is 0.321 e. The number of rotatable bonds is 7. The van der Waals surface area contributed by atoms with Gasteiger partial charge in [-0.15, -0.1) is 0 Å². The maximum atomic E-state index is 12.4. The molecule has 0 heterocycles. The average molecular weight is 389 g/mol. The predicted molar refractivity (Wildman–Crippen MR) is 103 cm³/mol. The molecule has 7 heteroatoms. The number of hydrogen-bond acceptors (Lipinski definition) is 4. The van der Waals surface area contributed by atoms with Crippen molar-refractivity contribution < 1.29 is 19.1 Å². The lowest BCUT2D eigenvalue weighted by Crippen LogP contribution is -2.42. The molecule has 0 aliphatic rings. The topological polar surface area (TPSA) is 84.5 Å². The van der Waals surface area contributed by atoms with Crippen LogP contribution in [0.1, 0.15) is 29.8 Å². The number of halogens is 1. The highest BCUT2D eigenvalue weighted by atomic mass is 35.5. The van der Waals surface area contributed by atoms with Gasteiger partial charge in [0.05, 0.1) is 0 Å². The number of benzene rings is 2. The third-order valence-electron chi connectivity index (χ3n) is 3.52. The second-order valence-electron chi connectivity index (χ2n) is 6.30. The van der Waals surface area contributed by atoms with E-state index in [1.54, 1.807) is 48.5 Å². The van der Waals surface area contributed by atoms with Gasteiger partial charge < -0.3 is 10.1 Å². The van der Waals surface area contributed by atoms with Crippen molar-refractivity contribution >= 4 is 29.3 Å². The minimum absolute atomic E-state index is 0.141. The number of ketones is 1. The van der Waals surface area contributed by atoms with E-state index >= 15 is 0 Å². The van der Waals surface area contributed by atoms with Crippen LogP contribution in [-0.2, 0) is 4.79 Å². The normalized spacial score (nSPS) is 10.4. The van der Waals surface area contributed by atoms with E-state index in [9.17, 15) is 14.4 Å².